The number of nitrogens with zero attached hydrogens (tertiary/aromatic N) is 4. The van der Waals surface area contributed by atoms with Crippen LogP contribution < -0.4 is 10.6 Å². The van der Waals surface area contributed by atoms with Gasteiger partial charge in [0.05, 0.1) is 24.0 Å². The van der Waals surface area contributed by atoms with Crippen molar-refractivity contribution in [1.29, 1.82) is 5.26 Å². The summed E-state index contributed by atoms with van der Waals surface area (Å²) >= 11 is 6.44. The number of amidine groups is 1. The first-order chi connectivity index (χ1) is 19.3. The van der Waals surface area contributed by atoms with E-state index in [1.165, 1.54) is 11.1 Å². The van der Waals surface area contributed by atoms with Crippen LogP contribution in [0.3, 0.4) is 0 Å². The average molecular weight is 559 g/mol. The summed E-state index contributed by atoms with van der Waals surface area (Å²) < 4.78 is 0. The molecule has 1 fully saturated rings. The molecule has 2 unspecified atom stereocenters. The van der Waals surface area contributed by atoms with Crippen molar-refractivity contribution < 1.29 is 4.79 Å². The van der Waals surface area contributed by atoms with E-state index in [9.17, 15) is 4.79 Å². The number of halogens is 1. The summed E-state index contributed by atoms with van der Waals surface area (Å²) in [4.78, 5) is 21.8. The fourth-order valence-corrected chi connectivity index (χ4v) is 5.03. The first-order valence-electron chi connectivity index (χ1n) is 13.5. The molecule has 2 atom stereocenters. The first-order valence-corrected chi connectivity index (χ1v) is 13.9. The lowest BCUT2D eigenvalue weighted by atomic mass is 9.85. The summed E-state index contributed by atoms with van der Waals surface area (Å²) in [5, 5.41) is 15.6. The highest BCUT2D eigenvalue weighted by Gasteiger charge is 2.32. The predicted octanol–water partition coefficient (Wildman–Crippen LogP) is 6.87. The Morgan fingerprint density at radius 1 is 1.18 bits per heavy atom. The number of urea groups is 1. The second-order valence-electron chi connectivity index (χ2n) is 9.86. The maximum Gasteiger partial charge on any atom is 0.321 e. The second-order valence-corrected chi connectivity index (χ2v) is 10.3. The number of anilines is 1. The van der Waals surface area contributed by atoms with E-state index in [4.69, 9.17) is 16.9 Å². The van der Waals surface area contributed by atoms with Crippen LogP contribution in [0.25, 0.3) is 6.08 Å². The zero-order chi connectivity index (χ0) is 29.1. The quantitative estimate of drug-likeness (QED) is 0.200. The Morgan fingerprint density at radius 3 is 2.50 bits per heavy atom. The summed E-state index contributed by atoms with van der Waals surface area (Å²) in [5.74, 6) is 1.07. The Labute approximate surface area is 243 Å². The Kier molecular flexibility index (Phi) is 11.6. The summed E-state index contributed by atoms with van der Waals surface area (Å²) in [6.45, 7) is 15.4. The van der Waals surface area contributed by atoms with E-state index in [-0.39, 0.29) is 18.0 Å². The summed E-state index contributed by atoms with van der Waals surface area (Å²) in [6, 6.07) is 15.1. The molecule has 0 bridgehead atoms. The van der Waals surface area contributed by atoms with Crippen LogP contribution in [-0.2, 0) is 0 Å². The summed E-state index contributed by atoms with van der Waals surface area (Å²) in [7, 11) is 0. The number of piperazine rings is 1. The van der Waals surface area contributed by atoms with Crippen molar-refractivity contribution in [3.63, 3.8) is 0 Å². The molecule has 0 saturated carbocycles. The molecule has 0 aromatic heterocycles. The van der Waals surface area contributed by atoms with Crippen molar-refractivity contribution in [2.24, 2.45) is 10.9 Å². The van der Waals surface area contributed by atoms with Crippen LogP contribution in [0, 0.1) is 17.2 Å². The van der Waals surface area contributed by atoms with Gasteiger partial charge in [-0.2, -0.15) is 5.26 Å². The molecule has 40 heavy (non-hydrogen) atoms. The second kappa shape index (κ2) is 15.1. The van der Waals surface area contributed by atoms with Crippen molar-refractivity contribution in [2.45, 2.75) is 33.7 Å². The Bertz CT molecular complexity index is 1300. The van der Waals surface area contributed by atoms with Gasteiger partial charge >= 0.3 is 6.03 Å². The molecule has 1 aliphatic rings. The Balaban J connectivity index is 1.79. The Morgan fingerprint density at radius 2 is 1.88 bits per heavy atom. The standard InChI is InChI=1S/C32H39ClN6O/c1-6-23(3)24(4)31(30-15-12-28(33)21-27(30)9-8-16-36-25(5)35-7-2)38-17-19-39(20-18-38)32(40)37-29-13-10-26(22-34)11-14-29/h6-15,21,24,31H,2,16-20H2,1,3-5H3,(H,35,36)(H,37,40)/b9-8+,23-6-. The maximum atomic E-state index is 13.0. The highest BCUT2D eigenvalue weighted by molar-refractivity contribution is 6.30. The molecule has 0 aliphatic carbocycles. The third-order valence-electron chi connectivity index (χ3n) is 7.32. The minimum absolute atomic E-state index is 0.115. The fraction of sp³-hybridized carbons (Fsp3) is 0.344. The fourth-order valence-electron chi connectivity index (χ4n) is 4.85. The summed E-state index contributed by atoms with van der Waals surface area (Å²) in [6.07, 6.45) is 7.93. The molecule has 7 nitrogen and oxygen atoms in total. The van der Waals surface area contributed by atoms with E-state index < -0.39 is 0 Å². The number of nitriles is 1. The van der Waals surface area contributed by atoms with Gasteiger partial charge in [-0.3, -0.25) is 9.89 Å². The van der Waals surface area contributed by atoms with E-state index in [0.29, 0.717) is 35.9 Å². The van der Waals surface area contributed by atoms with Crippen molar-refractivity contribution in [2.75, 3.05) is 38.0 Å². The average Bonchev–Trinajstić information content (AvgIpc) is 2.96. The van der Waals surface area contributed by atoms with Crippen LogP contribution in [0.2, 0.25) is 5.02 Å². The molecule has 210 valence electrons. The molecule has 3 rings (SSSR count). The van der Waals surface area contributed by atoms with Crippen LogP contribution in [0.1, 0.15) is 50.4 Å². The number of rotatable bonds is 9. The SMILES string of the molecule is C=CNC(C)=NC/C=C/c1cc(Cl)ccc1C(C(C)/C(C)=C\C)N1CCN(C(=O)Nc2ccc(C#N)cc2)CC1. The van der Waals surface area contributed by atoms with Gasteiger partial charge in [-0.25, -0.2) is 4.79 Å². The van der Waals surface area contributed by atoms with Crippen LogP contribution in [-0.4, -0.2) is 54.4 Å². The van der Waals surface area contributed by atoms with E-state index in [0.717, 1.165) is 24.5 Å². The van der Waals surface area contributed by atoms with E-state index in [2.05, 4.69) is 72.2 Å². The highest BCUT2D eigenvalue weighted by Crippen LogP contribution is 2.37. The molecular formula is C32H39ClN6O. The topological polar surface area (TPSA) is 83.8 Å². The maximum absolute atomic E-state index is 13.0. The molecule has 0 spiro atoms. The molecular weight excluding hydrogens is 520 g/mol. The lowest BCUT2D eigenvalue weighted by molar-refractivity contribution is 0.0948. The van der Waals surface area contributed by atoms with E-state index in [1.54, 1.807) is 30.5 Å². The van der Waals surface area contributed by atoms with Gasteiger partial charge in [-0.15, -0.1) is 0 Å². The van der Waals surface area contributed by atoms with Gasteiger partial charge in [0, 0.05) is 42.9 Å². The largest absolute Gasteiger partial charge is 0.351 e. The van der Waals surface area contributed by atoms with E-state index >= 15 is 0 Å². The van der Waals surface area contributed by atoms with Gasteiger partial charge in [-0.05, 0) is 80.4 Å². The van der Waals surface area contributed by atoms with E-state index in [1.807, 2.05) is 30.0 Å². The van der Waals surface area contributed by atoms with Gasteiger partial charge in [-0.1, -0.05) is 55.0 Å². The third-order valence-corrected chi connectivity index (χ3v) is 7.55. The van der Waals surface area contributed by atoms with Crippen LogP contribution >= 0.6 is 11.6 Å². The lowest BCUT2D eigenvalue weighted by Gasteiger charge is -2.42. The monoisotopic (exact) mass is 558 g/mol. The first kappa shape index (κ1) is 30.7. The smallest absolute Gasteiger partial charge is 0.321 e. The number of benzene rings is 2. The number of amides is 2. The molecule has 2 aromatic rings. The highest BCUT2D eigenvalue weighted by atomic mass is 35.5. The van der Waals surface area contributed by atoms with Crippen molar-refractivity contribution in [1.82, 2.24) is 15.1 Å². The minimum atomic E-state index is -0.129. The number of nitrogens with one attached hydrogen (secondary N) is 2. The molecule has 1 heterocycles. The molecule has 2 amide bonds. The lowest BCUT2D eigenvalue weighted by Crippen LogP contribution is -2.51. The zero-order valence-corrected chi connectivity index (χ0v) is 24.6. The normalized spacial score (nSPS) is 16.4. The number of hydrogen-bond acceptors (Lipinski definition) is 4. The minimum Gasteiger partial charge on any atom is -0.351 e. The van der Waals surface area contributed by atoms with Crippen LogP contribution in [0.15, 0.2) is 78.0 Å². The number of hydrogen-bond donors (Lipinski definition) is 2. The van der Waals surface area contributed by atoms with Gasteiger partial charge in [0.2, 0.25) is 0 Å². The number of carbonyl (C=O) groups is 1. The predicted molar refractivity (Wildman–Crippen MR) is 166 cm³/mol. The van der Waals surface area contributed by atoms with Crippen LogP contribution in [0.4, 0.5) is 10.5 Å². The van der Waals surface area contributed by atoms with Gasteiger partial charge in [0.15, 0.2) is 0 Å². The molecule has 2 aromatic carbocycles. The van der Waals surface area contributed by atoms with Gasteiger partial charge in [0.25, 0.3) is 0 Å². The van der Waals surface area contributed by atoms with Crippen LogP contribution in [0.5, 0.6) is 0 Å². The zero-order valence-electron chi connectivity index (χ0n) is 23.8. The summed E-state index contributed by atoms with van der Waals surface area (Å²) in [5.41, 5.74) is 4.83. The number of allylic oxidation sites excluding steroid dienone is 1. The molecule has 8 heteroatoms. The van der Waals surface area contributed by atoms with Crippen molar-refractivity contribution >= 4 is 35.2 Å². The van der Waals surface area contributed by atoms with Gasteiger partial charge in [0.1, 0.15) is 0 Å². The molecule has 1 saturated heterocycles. The number of carbonyl (C=O) groups excluding carboxylic acids is 1. The van der Waals surface area contributed by atoms with Gasteiger partial charge < -0.3 is 15.5 Å². The van der Waals surface area contributed by atoms with Crippen molar-refractivity contribution in [3.8, 4) is 6.07 Å². The Hall–Kier alpha value is -3.86. The third kappa shape index (κ3) is 8.32. The molecule has 0 radical (unpaired) electrons. The van der Waals surface area contributed by atoms with Crippen molar-refractivity contribution in [3.05, 3.63) is 94.7 Å². The molecule has 2 N–H and O–H groups in total. The molecule has 1 aliphatic heterocycles. The number of aliphatic imine (C=N–C) groups is 1.